The molecule has 1 heterocycles. The summed E-state index contributed by atoms with van der Waals surface area (Å²) in [5.41, 5.74) is 6.43. The molecule has 1 rings (SSSR count). The monoisotopic (exact) mass is 231 g/mol. The molecule has 0 bridgehead atoms. The van der Waals surface area contributed by atoms with Gasteiger partial charge in [-0.05, 0) is 18.1 Å². The number of pyridine rings is 1. The number of rotatable bonds is 3. The van der Waals surface area contributed by atoms with Gasteiger partial charge in [-0.15, -0.1) is 0 Å². The van der Waals surface area contributed by atoms with E-state index in [9.17, 15) is 4.79 Å². The Morgan fingerprint density at radius 1 is 1.53 bits per heavy atom. The fourth-order valence-electron chi connectivity index (χ4n) is 1.14. The standard InChI is InChI=1S/C13H17N3O/c1-10(2)8-16-13(17)12-6-5-11(9-15-12)4-3-7-14/h5-6,9-10H,7-8,14H2,1-2H3,(H,16,17). The van der Waals surface area contributed by atoms with Crippen molar-refractivity contribution >= 4 is 5.91 Å². The third kappa shape index (κ3) is 4.66. The maximum absolute atomic E-state index is 11.6. The van der Waals surface area contributed by atoms with E-state index in [4.69, 9.17) is 5.73 Å². The van der Waals surface area contributed by atoms with E-state index in [1.54, 1.807) is 18.3 Å². The SMILES string of the molecule is CC(C)CNC(=O)c1ccc(C#CCN)cn1. The lowest BCUT2D eigenvalue weighted by Gasteiger charge is -2.06. The Kier molecular flexibility index (Phi) is 5.18. The normalized spacial score (nSPS) is 9.65. The minimum absolute atomic E-state index is 0.156. The number of hydrogen-bond acceptors (Lipinski definition) is 3. The fourth-order valence-corrected chi connectivity index (χ4v) is 1.14. The number of amides is 1. The average molecular weight is 231 g/mol. The minimum Gasteiger partial charge on any atom is -0.350 e. The van der Waals surface area contributed by atoms with Crippen molar-refractivity contribution in [3.8, 4) is 11.8 Å². The van der Waals surface area contributed by atoms with Gasteiger partial charge in [0.05, 0.1) is 6.54 Å². The lowest BCUT2D eigenvalue weighted by atomic mass is 10.2. The summed E-state index contributed by atoms with van der Waals surface area (Å²) in [5, 5.41) is 2.80. The van der Waals surface area contributed by atoms with Crippen LogP contribution in [0.1, 0.15) is 29.9 Å². The van der Waals surface area contributed by atoms with Crippen LogP contribution in [0.2, 0.25) is 0 Å². The van der Waals surface area contributed by atoms with Gasteiger partial charge in [0.1, 0.15) is 5.69 Å². The van der Waals surface area contributed by atoms with E-state index in [1.807, 2.05) is 13.8 Å². The third-order valence-electron chi connectivity index (χ3n) is 2.00. The number of hydrogen-bond donors (Lipinski definition) is 2. The van der Waals surface area contributed by atoms with Gasteiger partial charge in [0, 0.05) is 18.3 Å². The molecule has 0 aliphatic carbocycles. The number of carbonyl (C=O) groups is 1. The van der Waals surface area contributed by atoms with Gasteiger partial charge >= 0.3 is 0 Å². The molecular weight excluding hydrogens is 214 g/mol. The van der Waals surface area contributed by atoms with E-state index in [0.29, 0.717) is 24.7 Å². The highest BCUT2D eigenvalue weighted by Gasteiger charge is 2.06. The second kappa shape index (κ2) is 6.66. The highest BCUT2D eigenvalue weighted by Crippen LogP contribution is 1.99. The van der Waals surface area contributed by atoms with Gasteiger partial charge in [-0.25, -0.2) is 4.98 Å². The van der Waals surface area contributed by atoms with Crippen molar-refractivity contribution in [2.75, 3.05) is 13.1 Å². The van der Waals surface area contributed by atoms with Gasteiger partial charge in [-0.2, -0.15) is 0 Å². The topological polar surface area (TPSA) is 68.0 Å². The van der Waals surface area contributed by atoms with Crippen LogP contribution < -0.4 is 11.1 Å². The van der Waals surface area contributed by atoms with Crippen LogP contribution in [0.5, 0.6) is 0 Å². The molecule has 17 heavy (non-hydrogen) atoms. The van der Waals surface area contributed by atoms with Crippen LogP contribution in [-0.4, -0.2) is 24.0 Å². The molecule has 1 aromatic rings. The van der Waals surface area contributed by atoms with E-state index in [2.05, 4.69) is 22.1 Å². The van der Waals surface area contributed by atoms with Crippen molar-refractivity contribution in [2.45, 2.75) is 13.8 Å². The van der Waals surface area contributed by atoms with Crippen LogP contribution in [0.25, 0.3) is 0 Å². The van der Waals surface area contributed by atoms with Gasteiger partial charge in [-0.3, -0.25) is 4.79 Å². The summed E-state index contributed by atoms with van der Waals surface area (Å²) < 4.78 is 0. The molecule has 0 unspecified atom stereocenters. The molecule has 1 aromatic heterocycles. The van der Waals surface area contributed by atoms with Crippen LogP contribution in [0.3, 0.4) is 0 Å². The molecule has 0 aliphatic heterocycles. The Bertz CT molecular complexity index is 426. The van der Waals surface area contributed by atoms with Crippen LogP contribution >= 0.6 is 0 Å². The zero-order valence-corrected chi connectivity index (χ0v) is 10.2. The molecule has 4 nitrogen and oxygen atoms in total. The summed E-state index contributed by atoms with van der Waals surface area (Å²) >= 11 is 0. The maximum Gasteiger partial charge on any atom is 0.269 e. The predicted molar refractivity (Wildman–Crippen MR) is 67.3 cm³/mol. The summed E-state index contributed by atoms with van der Waals surface area (Å²) in [7, 11) is 0. The van der Waals surface area contributed by atoms with Crippen molar-refractivity contribution in [2.24, 2.45) is 11.7 Å². The van der Waals surface area contributed by atoms with Crippen LogP contribution in [-0.2, 0) is 0 Å². The number of carbonyl (C=O) groups excluding carboxylic acids is 1. The van der Waals surface area contributed by atoms with Crippen LogP contribution in [0.15, 0.2) is 18.3 Å². The van der Waals surface area contributed by atoms with E-state index in [1.165, 1.54) is 0 Å². The molecular formula is C13H17N3O. The number of nitrogens with one attached hydrogen (secondary N) is 1. The molecule has 4 heteroatoms. The molecule has 3 N–H and O–H groups in total. The zero-order valence-electron chi connectivity index (χ0n) is 10.2. The fraction of sp³-hybridized carbons (Fsp3) is 0.385. The molecule has 0 radical (unpaired) electrons. The van der Waals surface area contributed by atoms with Crippen LogP contribution in [0.4, 0.5) is 0 Å². The summed E-state index contributed by atoms with van der Waals surface area (Å²) in [4.78, 5) is 15.7. The lowest BCUT2D eigenvalue weighted by Crippen LogP contribution is -2.27. The first-order valence-corrected chi connectivity index (χ1v) is 5.56. The van der Waals surface area contributed by atoms with E-state index in [-0.39, 0.29) is 5.91 Å². The number of nitrogens with zero attached hydrogens (tertiary/aromatic N) is 1. The largest absolute Gasteiger partial charge is 0.350 e. The van der Waals surface area contributed by atoms with Gasteiger partial charge in [0.15, 0.2) is 0 Å². The van der Waals surface area contributed by atoms with Gasteiger partial charge in [0.2, 0.25) is 0 Å². The first-order valence-electron chi connectivity index (χ1n) is 5.56. The van der Waals surface area contributed by atoms with E-state index in [0.717, 1.165) is 5.56 Å². The minimum atomic E-state index is -0.156. The van der Waals surface area contributed by atoms with E-state index < -0.39 is 0 Å². The summed E-state index contributed by atoms with van der Waals surface area (Å²) in [6.07, 6.45) is 1.58. The van der Waals surface area contributed by atoms with Crippen molar-refractivity contribution in [3.05, 3.63) is 29.6 Å². The van der Waals surface area contributed by atoms with Crippen molar-refractivity contribution in [1.82, 2.24) is 10.3 Å². The number of aromatic nitrogens is 1. The molecule has 0 aromatic carbocycles. The first kappa shape index (κ1) is 13.2. The quantitative estimate of drug-likeness (QED) is 0.755. The van der Waals surface area contributed by atoms with E-state index >= 15 is 0 Å². The zero-order chi connectivity index (χ0) is 12.7. The maximum atomic E-state index is 11.6. The third-order valence-corrected chi connectivity index (χ3v) is 2.00. The Morgan fingerprint density at radius 2 is 2.29 bits per heavy atom. The second-order valence-corrected chi connectivity index (χ2v) is 4.04. The summed E-state index contributed by atoms with van der Waals surface area (Å²) in [6, 6.07) is 3.43. The highest BCUT2D eigenvalue weighted by atomic mass is 16.1. The first-order chi connectivity index (χ1) is 8.13. The second-order valence-electron chi connectivity index (χ2n) is 4.04. The Labute approximate surface area is 102 Å². The Morgan fingerprint density at radius 3 is 2.82 bits per heavy atom. The predicted octanol–water partition coefficient (Wildman–Crippen LogP) is 0.778. The molecule has 90 valence electrons. The molecule has 0 saturated carbocycles. The number of nitrogens with two attached hydrogens (primary N) is 1. The molecule has 0 atom stereocenters. The van der Waals surface area contributed by atoms with Gasteiger partial charge < -0.3 is 11.1 Å². The molecule has 0 saturated heterocycles. The molecule has 1 amide bonds. The van der Waals surface area contributed by atoms with Crippen molar-refractivity contribution < 1.29 is 4.79 Å². The van der Waals surface area contributed by atoms with Gasteiger partial charge in [-0.1, -0.05) is 25.7 Å². The van der Waals surface area contributed by atoms with Crippen molar-refractivity contribution in [1.29, 1.82) is 0 Å². The highest BCUT2D eigenvalue weighted by molar-refractivity contribution is 5.92. The van der Waals surface area contributed by atoms with Crippen molar-refractivity contribution in [3.63, 3.8) is 0 Å². The lowest BCUT2D eigenvalue weighted by molar-refractivity contribution is 0.0944. The molecule has 0 fully saturated rings. The van der Waals surface area contributed by atoms with Crippen LogP contribution in [0, 0.1) is 17.8 Å². The Hall–Kier alpha value is -1.86. The molecule has 0 aliphatic rings. The van der Waals surface area contributed by atoms with Gasteiger partial charge in [0.25, 0.3) is 5.91 Å². The molecule has 0 spiro atoms. The summed E-state index contributed by atoms with van der Waals surface area (Å²) in [5.74, 6) is 5.85. The Balaban J connectivity index is 2.64. The smallest absolute Gasteiger partial charge is 0.269 e. The average Bonchev–Trinajstić information content (AvgIpc) is 2.34. The summed E-state index contributed by atoms with van der Waals surface area (Å²) in [6.45, 7) is 5.05.